The minimum atomic E-state index is -0.416. The monoisotopic (exact) mass is 298 g/mol. The van der Waals surface area contributed by atoms with Crippen LogP contribution in [-0.2, 0) is 16.1 Å². The summed E-state index contributed by atoms with van der Waals surface area (Å²) in [6.07, 6.45) is 0.898. The third kappa shape index (κ3) is 3.41. The van der Waals surface area contributed by atoms with Gasteiger partial charge < -0.3 is 9.47 Å². The Morgan fingerprint density at radius 1 is 1.36 bits per heavy atom. The zero-order valence-electron chi connectivity index (χ0n) is 12.8. The predicted octanol–water partition coefficient (Wildman–Crippen LogP) is 3.15. The Morgan fingerprint density at radius 2 is 2.14 bits per heavy atom. The van der Waals surface area contributed by atoms with Crippen molar-refractivity contribution in [1.82, 2.24) is 4.98 Å². The first-order valence-electron chi connectivity index (χ1n) is 7.10. The molecule has 0 saturated carbocycles. The van der Waals surface area contributed by atoms with Crippen LogP contribution in [0.15, 0.2) is 24.3 Å². The number of ether oxygens (including phenoxy) is 2. The number of carbonyl (C=O) groups excluding carboxylic acids is 1. The summed E-state index contributed by atoms with van der Waals surface area (Å²) in [4.78, 5) is 16.9. The molecule has 0 aliphatic heterocycles. The van der Waals surface area contributed by atoms with Crippen molar-refractivity contribution in [2.45, 2.75) is 26.4 Å². The van der Waals surface area contributed by atoms with E-state index in [9.17, 15) is 4.79 Å². The van der Waals surface area contributed by atoms with Crippen molar-refractivity contribution in [2.24, 2.45) is 0 Å². The van der Waals surface area contributed by atoms with Gasteiger partial charge in [0.25, 0.3) is 0 Å². The van der Waals surface area contributed by atoms with Crippen LogP contribution in [0.2, 0.25) is 0 Å². The van der Waals surface area contributed by atoms with Crippen LogP contribution in [0.5, 0.6) is 0 Å². The zero-order chi connectivity index (χ0) is 15.9. The maximum absolute atomic E-state index is 12.4. The number of esters is 1. The smallest absolute Gasteiger partial charge is 0.340 e. The van der Waals surface area contributed by atoms with E-state index in [4.69, 9.17) is 14.7 Å². The van der Waals surface area contributed by atoms with Gasteiger partial charge in [0.1, 0.15) is 0 Å². The van der Waals surface area contributed by atoms with Gasteiger partial charge in [0, 0.05) is 18.9 Å². The molecule has 1 aromatic heterocycles. The number of rotatable bonds is 6. The maximum Gasteiger partial charge on any atom is 0.340 e. The predicted molar refractivity (Wildman–Crippen MR) is 82.3 cm³/mol. The molecule has 0 N–H and O–H groups in total. The lowest BCUT2D eigenvalue weighted by Crippen LogP contribution is -2.14. The topological polar surface area (TPSA) is 72.2 Å². The van der Waals surface area contributed by atoms with Crippen LogP contribution in [-0.4, -0.2) is 24.7 Å². The molecular formula is C17H18N2O3. The van der Waals surface area contributed by atoms with Gasteiger partial charge in [-0.1, -0.05) is 18.2 Å². The van der Waals surface area contributed by atoms with E-state index in [1.165, 1.54) is 0 Å². The molecule has 0 atom stereocenters. The highest BCUT2D eigenvalue weighted by Gasteiger charge is 2.19. The first-order chi connectivity index (χ1) is 10.7. The second-order valence-electron chi connectivity index (χ2n) is 4.91. The normalized spacial score (nSPS) is 10.4. The number of aromatic nitrogens is 1. The summed E-state index contributed by atoms with van der Waals surface area (Å²) >= 11 is 0. The summed E-state index contributed by atoms with van der Waals surface area (Å²) in [5.41, 5.74) is 2.69. The highest BCUT2D eigenvalue weighted by Crippen LogP contribution is 2.24. The van der Waals surface area contributed by atoms with Gasteiger partial charge in [0.05, 0.1) is 36.1 Å². The molecule has 0 spiro atoms. The number of aryl methyl sites for hydroxylation is 1. The van der Waals surface area contributed by atoms with E-state index in [2.05, 4.69) is 4.98 Å². The van der Waals surface area contributed by atoms with Crippen LogP contribution in [0.1, 0.15) is 34.5 Å². The largest absolute Gasteiger partial charge is 0.462 e. The minimum absolute atomic E-state index is 0.227. The SMILES string of the molecule is COCc1nc2ccccc2c(C)c1C(=O)OCCCC#N. The lowest BCUT2D eigenvalue weighted by molar-refractivity contribution is 0.0495. The van der Waals surface area contributed by atoms with E-state index < -0.39 is 5.97 Å². The summed E-state index contributed by atoms with van der Waals surface area (Å²) in [6.45, 7) is 2.36. The minimum Gasteiger partial charge on any atom is -0.462 e. The summed E-state index contributed by atoms with van der Waals surface area (Å²) < 4.78 is 10.4. The standard InChI is InChI=1S/C17H18N2O3/c1-12-13-7-3-4-8-14(13)19-15(11-21-2)16(12)17(20)22-10-6-5-9-18/h3-4,7-8H,5-6,10-11H2,1-2H3. The molecule has 0 bridgehead atoms. The Labute approximate surface area is 129 Å². The number of unbranched alkanes of at least 4 members (excludes halogenated alkanes) is 1. The lowest BCUT2D eigenvalue weighted by atomic mass is 10.0. The first-order valence-corrected chi connectivity index (χ1v) is 7.10. The van der Waals surface area contributed by atoms with E-state index in [1.54, 1.807) is 7.11 Å². The number of nitrogens with zero attached hydrogens (tertiary/aromatic N) is 2. The summed E-state index contributed by atoms with van der Waals surface area (Å²) in [5, 5.41) is 9.43. The van der Waals surface area contributed by atoms with Crippen molar-refractivity contribution in [3.63, 3.8) is 0 Å². The van der Waals surface area contributed by atoms with Crippen LogP contribution in [0.3, 0.4) is 0 Å². The molecule has 5 nitrogen and oxygen atoms in total. The number of benzene rings is 1. The number of hydrogen-bond acceptors (Lipinski definition) is 5. The Kier molecular flexibility index (Phi) is 5.45. The van der Waals surface area contributed by atoms with Crippen molar-refractivity contribution in [3.05, 3.63) is 41.1 Å². The van der Waals surface area contributed by atoms with Gasteiger partial charge in [-0.25, -0.2) is 9.78 Å². The molecule has 1 aromatic carbocycles. The van der Waals surface area contributed by atoms with Crippen LogP contribution >= 0.6 is 0 Å². The molecule has 0 aliphatic carbocycles. The van der Waals surface area contributed by atoms with Crippen molar-refractivity contribution < 1.29 is 14.3 Å². The second-order valence-corrected chi connectivity index (χ2v) is 4.91. The average Bonchev–Trinajstić information content (AvgIpc) is 2.52. The number of hydrogen-bond donors (Lipinski definition) is 0. The van der Waals surface area contributed by atoms with Crippen LogP contribution in [0.4, 0.5) is 0 Å². The summed E-state index contributed by atoms with van der Waals surface area (Å²) in [5.74, 6) is -0.416. The van der Waals surface area contributed by atoms with Gasteiger partial charge in [0.15, 0.2) is 0 Å². The van der Waals surface area contributed by atoms with E-state index in [1.807, 2.05) is 37.3 Å². The van der Waals surface area contributed by atoms with Gasteiger partial charge in [-0.15, -0.1) is 0 Å². The van der Waals surface area contributed by atoms with Crippen molar-refractivity contribution >= 4 is 16.9 Å². The van der Waals surface area contributed by atoms with Crippen LogP contribution in [0.25, 0.3) is 10.9 Å². The molecule has 0 fully saturated rings. The summed E-state index contributed by atoms with van der Waals surface area (Å²) in [6, 6.07) is 9.68. The molecule has 0 saturated heterocycles. The fraction of sp³-hybridized carbons (Fsp3) is 0.353. The van der Waals surface area contributed by atoms with E-state index in [0.717, 1.165) is 16.5 Å². The molecule has 0 unspecified atom stereocenters. The molecule has 5 heteroatoms. The number of pyridine rings is 1. The highest BCUT2D eigenvalue weighted by molar-refractivity contribution is 5.98. The van der Waals surface area contributed by atoms with Crippen molar-refractivity contribution in [2.75, 3.05) is 13.7 Å². The van der Waals surface area contributed by atoms with E-state index in [-0.39, 0.29) is 13.2 Å². The molecular weight excluding hydrogens is 280 g/mol. The maximum atomic E-state index is 12.4. The Hall–Kier alpha value is -2.45. The second kappa shape index (κ2) is 7.53. The van der Waals surface area contributed by atoms with Crippen LogP contribution < -0.4 is 0 Å². The summed E-state index contributed by atoms with van der Waals surface area (Å²) in [7, 11) is 1.56. The molecule has 2 rings (SSSR count). The van der Waals surface area contributed by atoms with Crippen LogP contribution in [0, 0.1) is 18.3 Å². The van der Waals surface area contributed by atoms with Gasteiger partial charge in [0.2, 0.25) is 0 Å². The van der Waals surface area contributed by atoms with Gasteiger partial charge in [-0.3, -0.25) is 0 Å². The van der Waals surface area contributed by atoms with Crippen molar-refractivity contribution in [3.8, 4) is 6.07 Å². The number of carbonyl (C=O) groups is 1. The average molecular weight is 298 g/mol. The molecule has 22 heavy (non-hydrogen) atoms. The van der Waals surface area contributed by atoms with Gasteiger partial charge in [-0.05, 0) is 25.0 Å². The van der Waals surface area contributed by atoms with E-state index >= 15 is 0 Å². The third-order valence-corrected chi connectivity index (χ3v) is 3.38. The fourth-order valence-electron chi connectivity index (χ4n) is 2.34. The molecule has 2 aromatic rings. The highest BCUT2D eigenvalue weighted by atomic mass is 16.5. The number of para-hydroxylation sites is 1. The number of nitriles is 1. The van der Waals surface area contributed by atoms with Gasteiger partial charge in [-0.2, -0.15) is 5.26 Å². The Morgan fingerprint density at radius 3 is 2.86 bits per heavy atom. The molecule has 0 radical (unpaired) electrons. The lowest BCUT2D eigenvalue weighted by Gasteiger charge is -2.13. The zero-order valence-corrected chi connectivity index (χ0v) is 12.8. The van der Waals surface area contributed by atoms with Gasteiger partial charge >= 0.3 is 5.97 Å². The quantitative estimate of drug-likeness (QED) is 0.605. The van der Waals surface area contributed by atoms with Crippen molar-refractivity contribution in [1.29, 1.82) is 5.26 Å². The Bertz CT molecular complexity index is 720. The number of methoxy groups -OCH3 is 1. The molecule has 0 amide bonds. The molecule has 114 valence electrons. The first kappa shape index (κ1) is 15.9. The Balaban J connectivity index is 2.37. The number of fused-ring (bicyclic) bond motifs is 1. The molecule has 0 aliphatic rings. The molecule has 1 heterocycles. The third-order valence-electron chi connectivity index (χ3n) is 3.38. The van der Waals surface area contributed by atoms with E-state index in [0.29, 0.717) is 24.1 Å². The fourth-order valence-corrected chi connectivity index (χ4v) is 2.34.